The molecule has 1 aliphatic rings. The van der Waals surface area contributed by atoms with Crippen LogP contribution in [-0.4, -0.2) is 27.4 Å². The Bertz CT molecular complexity index is 482. The molecule has 0 radical (unpaired) electrons. The first kappa shape index (κ1) is 16.6. The minimum atomic E-state index is -1.16. The van der Waals surface area contributed by atoms with E-state index in [4.69, 9.17) is 0 Å². The Kier molecular flexibility index (Phi) is 6.83. The molecule has 2 rings (SSSR count). The highest BCUT2D eigenvalue weighted by Crippen LogP contribution is 2.34. The molecule has 0 saturated heterocycles. The van der Waals surface area contributed by atoms with Gasteiger partial charge in [-0.15, -0.1) is 11.3 Å². The van der Waals surface area contributed by atoms with Crippen molar-refractivity contribution in [3.8, 4) is 0 Å². The number of carbonyl (C=O) groups excluding carboxylic acids is 1. The molecule has 1 saturated carbocycles. The Labute approximate surface area is 133 Å². The zero-order chi connectivity index (χ0) is 15.1. The van der Waals surface area contributed by atoms with Crippen LogP contribution in [0, 0.1) is 0 Å². The fraction of sp³-hybridized carbons (Fsp3) is 0.733. The molecule has 1 unspecified atom stereocenters. The van der Waals surface area contributed by atoms with E-state index in [0.29, 0.717) is 18.2 Å². The molecule has 21 heavy (non-hydrogen) atoms. The van der Waals surface area contributed by atoms with E-state index in [-0.39, 0.29) is 11.7 Å². The fourth-order valence-electron chi connectivity index (χ4n) is 2.60. The zero-order valence-corrected chi connectivity index (χ0v) is 14.2. The summed E-state index contributed by atoms with van der Waals surface area (Å²) in [6.45, 7) is 2.65. The van der Waals surface area contributed by atoms with E-state index >= 15 is 0 Å². The third-order valence-electron chi connectivity index (χ3n) is 3.70. The summed E-state index contributed by atoms with van der Waals surface area (Å²) in [6, 6.07) is 0. The smallest absolute Gasteiger partial charge is 0.232 e. The topological polar surface area (TPSA) is 59.1 Å². The summed E-state index contributed by atoms with van der Waals surface area (Å²) >= 11 is 1.68. The van der Waals surface area contributed by atoms with Crippen molar-refractivity contribution in [1.29, 1.82) is 0 Å². The second-order valence-electron chi connectivity index (χ2n) is 5.59. The van der Waals surface area contributed by atoms with Crippen LogP contribution < -0.4 is 5.32 Å². The first-order chi connectivity index (χ1) is 10.2. The Morgan fingerprint density at radius 2 is 2.19 bits per heavy atom. The Morgan fingerprint density at radius 3 is 2.90 bits per heavy atom. The second-order valence-corrected chi connectivity index (χ2v) is 7.94. The number of rotatable bonds is 7. The predicted octanol–water partition coefficient (Wildman–Crippen LogP) is 2.97. The number of hydrogen-bond donors (Lipinski definition) is 1. The molecule has 1 aromatic heterocycles. The third-order valence-corrected chi connectivity index (χ3v) is 5.95. The highest BCUT2D eigenvalue weighted by molar-refractivity contribution is 7.84. The van der Waals surface area contributed by atoms with Crippen LogP contribution in [0.4, 0.5) is 0 Å². The van der Waals surface area contributed by atoms with Gasteiger partial charge in [-0.2, -0.15) is 0 Å². The molecule has 0 aliphatic heterocycles. The quantitative estimate of drug-likeness (QED) is 0.837. The van der Waals surface area contributed by atoms with Crippen LogP contribution in [0.5, 0.6) is 0 Å². The van der Waals surface area contributed by atoms with E-state index in [1.54, 1.807) is 11.3 Å². The Balaban J connectivity index is 1.81. The molecule has 118 valence electrons. The minimum absolute atomic E-state index is 0.0797. The predicted molar refractivity (Wildman–Crippen MR) is 88.0 cm³/mol. The second kappa shape index (κ2) is 8.63. The molecule has 1 atom stereocenters. The van der Waals surface area contributed by atoms with Crippen molar-refractivity contribution < 1.29 is 9.00 Å². The monoisotopic (exact) mass is 328 g/mol. The SMILES string of the molecule is CCCNC(=O)CS(=O)Cc1csc(C2CCCCC2)n1. The summed E-state index contributed by atoms with van der Waals surface area (Å²) < 4.78 is 12.0. The maximum atomic E-state index is 12.0. The van der Waals surface area contributed by atoms with Crippen molar-refractivity contribution in [2.75, 3.05) is 12.3 Å². The summed E-state index contributed by atoms with van der Waals surface area (Å²) in [5.74, 6) is 0.940. The molecule has 1 N–H and O–H groups in total. The van der Waals surface area contributed by atoms with Gasteiger partial charge < -0.3 is 5.32 Å². The molecule has 0 bridgehead atoms. The Hall–Kier alpha value is -0.750. The van der Waals surface area contributed by atoms with Gasteiger partial charge in [0.1, 0.15) is 5.75 Å². The summed E-state index contributed by atoms with van der Waals surface area (Å²) in [6.07, 6.45) is 7.29. The lowest BCUT2D eigenvalue weighted by molar-refractivity contribution is -0.118. The van der Waals surface area contributed by atoms with Gasteiger partial charge >= 0.3 is 0 Å². The summed E-state index contributed by atoms with van der Waals surface area (Å²) in [5, 5.41) is 5.95. The standard InChI is InChI=1S/C15H24N2O2S2/c1-2-8-16-14(18)11-21(19)10-13-9-20-15(17-13)12-6-4-3-5-7-12/h9,12H,2-8,10-11H2,1H3,(H,16,18). The van der Waals surface area contributed by atoms with Gasteiger partial charge in [0.05, 0.1) is 16.5 Å². The van der Waals surface area contributed by atoms with E-state index in [2.05, 4.69) is 10.3 Å². The number of thiazole rings is 1. The number of nitrogens with zero attached hydrogens (tertiary/aromatic N) is 1. The molecule has 1 fully saturated rings. The van der Waals surface area contributed by atoms with E-state index in [9.17, 15) is 9.00 Å². The lowest BCUT2D eigenvalue weighted by atomic mass is 9.90. The molecular weight excluding hydrogens is 304 g/mol. The Morgan fingerprint density at radius 1 is 1.43 bits per heavy atom. The maximum Gasteiger partial charge on any atom is 0.232 e. The van der Waals surface area contributed by atoms with Crippen molar-refractivity contribution in [3.05, 3.63) is 16.1 Å². The summed E-state index contributed by atoms with van der Waals surface area (Å²) in [7, 11) is -1.16. The molecule has 1 amide bonds. The van der Waals surface area contributed by atoms with Gasteiger partial charge in [-0.1, -0.05) is 26.2 Å². The third kappa shape index (κ3) is 5.51. The normalized spacial score (nSPS) is 17.6. The van der Waals surface area contributed by atoms with Crippen LogP contribution in [0.15, 0.2) is 5.38 Å². The maximum absolute atomic E-state index is 12.0. The lowest BCUT2D eigenvalue weighted by Crippen LogP contribution is -2.29. The van der Waals surface area contributed by atoms with Gasteiger partial charge in [0.2, 0.25) is 5.91 Å². The van der Waals surface area contributed by atoms with Crippen LogP contribution in [-0.2, 0) is 21.3 Å². The van der Waals surface area contributed by atoms with E-state index in [1.807, 2.05) is 12.3 Å². The van der Waals surface area contributed by atoms with Gasteiger partial charge in [0.25, 0.3) is 0 Å². The van der Waals surface area contributed by atoms with Crippen LogP contribution in [0.1, 0.15) is 62.1 Å². The van der Waals surface area contributed by atoms with Crippen molar-refractivity contribution in [1.82, 2.24) is 10.3 Å². The number of nitrogens with one attached hydrogen (secondary N) is 1. The number of hydrogen-bond acceptors (Lipinski definition) is 4. The molecule has 1 heterocycles. The van der Waals surface area contributed by atoms with Crippen LogP contribution in [0.2, 0.25) is 0 Å². The first-order valence-corrected chi connectivity index (χ1v) is 10.1. The zero-order valence-electron chi connectivity index (χ0n) is 12.6. The molecular formula is C15H24N2O2S2. The van der Waals surface area contributed by atoms with Crippen molar-refractivity contribution in [3.63, 3.8) is 0 Å². The van der Waals surface area contributed by atoms with Gasteiger partial charge in [0.15, 0.2) is 0 Å². The molecule has 1 aromatic rings. The van der Waals surface area contributed by atoms with E-state index < -0.39 is 10.8 Å². The van der Waals surface area contributed by atoms with E-state index in [0.717, 1.165) is 12.1 Å². The van der Waals surface area contributed by atoms with Crippen LogP contribution in [0.25, 0.3) is 0 Å². The first-order valence-electron chi connectivity index (χ1n) is 7.75. The lowest BCUT2D eigenvalue weighted by Gasteiger charge is -2.18. The molecule has 4 nitrogen and oxygen atoms in total. The average Bonchev–Trinajstić information content (AvgIpc) is 2.94. The minimum Gasteiger partial charge on any atom is -0.355 e. The van der Waals surface area contributed by atoms with Crippen molar-refractivity contribution in [2.45, 2.75) is 57.1 Å². The summed E-state index contributed by atoms with van der Waals surface area (Å²) in [4.78, 5) is 16.2. The highest BCUT2D eigenvalue weighted by Gasteiger charge is 2.19. The number of amides is 1. The van der Waals surface area contributed by atoms with Gasteiger partial charge in [0, 0.05) is 28.6 Å². The van der Waals surface area contributed by atoms with Crippen molar-refractivity contribution in [2.24, 2.45) is 0 Å². The number of carbonyl (C=O) groups is 1. The van der Waals surface area contributed by atoms with Gasteiger partial charge in [-0.25, -0.2) is 4.98 Å². The summed E-state index contributed by atoms with van der Waals surface area (Å²) in [5.41, 5.74) is 0.877. The van der Waals surface area contributed by atoms with Gasteiger partial charge in [-0.3, -0.25) is 9.00 Å². The fourth-order valence-corrected chi connectivity index (χ4v) is 4.67. The van der Waals surface area contributed by atoms with Crippen molar-refractivity contribution >= 4 is 28.0 Å². The molecule has 0 aromatic carbocycles. The molecule has 6 heteroatoms. The average molecular weight is 329 g/mol. The number of aromatic nitrogens is 1. The van der Waals surface area contributed by atoms with Crippen LogP contribution in [0.3, 0.4) is 0 Å². The highest BCUT2D eigenvalue weighted by atomic mass is 32.2. The largest absolute Gasteiger partial charge is 0.355 e. The van der Waals surface area contributed by atoms with Gasteiger partial charge in [-0.05, 0) is 19.3 Å². The molecule has 0 spiro atoms. The van der Waals surface area contributed by atoms with E-state index in [1.165, 1.54) is 37.1 Å². The molecule has 1 aliphatic carbocycles. The van der Waals surface area contributed by atoms with Crippen LogP contribution >= 0.6 is 11.3 Å².